The van der Waals surface area contributed by atoms with Crippen LogP contribution in [0.3, 0.4) is 0 Å². The Labute approximate surface area is 165 Å². The Hall–Kier alpha value is -1.13. The minimum absolute atomic E-state index is 0.709. The summed E-state index contributed by atoms with van der Waals surface area (Å²) in [4.78, 5) is 5.05. The highest BCUT2D eigenvalue weighted by molar-refractivity contribution is 7.80. The summed E-state index contributed by atoms with van der Waals surface area (Å²) in [6.45, 7) is 8.84. The van der Waals surface area contributed by atoms with Crippen molar-refractivity contribution in [2.75, 3.05) is 25.5 Å². The first-order chi connectivity index (χ1) is 12.5. The van der Waals surface area contributed by atoms with Crippen molar-refractivity contribution < 1.29 is 0 Å². The van der Waals surface area contributed by atoms with Gasteiger partial charge in [0.2, 0.25) is 0 Å². The molecule has 0 spiro atoms. The zero-order valence-corrected chi connectivity index (χ0v) is 17.7. The maximum Gasteiger partial charge on any atom is 0.173 e. The number of hydrogen-bond donors (Lipinski definition) is 1. The van der Waals surface area contributed by atoms with Gasteiger partial charge in [-0.05, 0) is 76.3 Å². The van der Waals surface area contributed by atoms with Gasteiger partial charge < -0.3 is 15.1 Å². The van der Waals surface area contributed by atoms with Crippen molar-refractivity contribution in [2.24, 2.45) is 5.92 Å². The summed E-state index contributed by atoms with van der Waals surface area (Å²) >= 11 is 5.70. The van der Waals surface area contributed by atoms with Crippen LogP contribution >= 0.6 is 12.2 Å². The van der Waals surface area contributed by atoms with E-state index in [-0.39, 0.29) is 0 Å². The molecule has 1 aliphatic heterocycles. The van der Waals surface area contributed by atoms with Crippen LogP contribution < -0.4 is 5.32 Å². The zero-order valence-electron chi connectivity index (χ0n) is 16.9. The SMILES string of the molecule is Cc1ccc(NC(=S)N2CCC(N(C)[C@@H]3CCCC[C@H]3C)CC2)c(C)c1. The number of likely N-dealkylation sites (tertiary alicyclic amines) is 1. The Balaban J connectivity index is 1.52. The lowest BCUT2D eigenvalue weighted by molar-refractivity contribution is 0.0691. The first-order valence-corrected chi connectivity index (χ1v) is 10.7. The number of benzene rings is 1. The van der Waals surface area contributed by atoms with Gasteiger partial charge in [0.15, 0.2) is 5.11 Å². The van der Waals surface area contributed by atoms with Crippen LogP contribution in [0.1, 0.15) is 56.6 Å². The van der Waals surface area contributed by atoms with Crippen LogP contribution in [0.4, 0.5) is 5.69 Å². The fraction of sp³-hybridized carbons (Fsp3) is 0.682. The van der Waals surface area contributed by atoms with Gasteiger partial charge >= 0.3 is 0 Å². The lowest BCUT2D eigenvalue weighted by atomic mass is 9.84. The number of nitrogens with zero attached hydrogens (tertiary/aromatic N) is 2. The Morgan fingerprint density at radius 2 is 1.81 bits per heavy atom. The molecular formula is C22H35N3S. The predicted molar refractivity (Wildman–Crippen MR) is 116 cm³/mol. The van der Waals surface area contributed by atoms with E-state index in [9.17, 15) is 0 Å². The maximum absolute atomic E-state index is 5.70. The Bertz CT molecular complexity index is 622. The molecular weight excluding hydrogens is 338 g/mol. The molecule has 1 N–H and O–H groups in total. The number of nitrogens with one attached hydrogen (secondary N) is 1. The van der Waals surface area contributed by atoms with Crippen LogP contribution in [0.15, 0.2) is 18.2 Å². The van der Waals surface area contributed by atoms with Crippen molar-refractivity contribution in [3.63, 3.8) is 0 Å². The van der Waals surface area contributed by atoms with Crippen LogP contribution in [-0.4, -0.2) is 47.1 Å². The van der Waals surface area contributed by atoms with Crippen LogP contribution in [-0.2, 0) is 0 Å². The molecule has 144 valence electrons. The second-order valence-corrected chi connectivity index (χ2v) is 8.85. The van der Waals surface area contributed by atoms with E-state index >= 15 is 0 Å². The summed E-state index contributed by atoms with van der Waals surface area (Å²) in [7, 11) is 2.36. The summed E-state index contributed by atoms with van der Waals surface area (Å²) in [5.74, 6) is 0.846. The molecule has 0 unspecified atom stereocenters. The van der Waals surface area contributed by atoms with Gasteiger partial charge in [0.1, 0.15) is 0 Å². The third-order valence-corrected chi connectivity index (χ3v) is 6.90. The number of rotatable bonds is 3. The number of piperidine rings is 1. The van der Waals surface area contributed by atoms with Crippen molar-refractivity contribution in [1.82, 2.24) is 9.80 Å². The minimum atomic E-state index is 0.709. The number of thiocarbonyl (C=S) groups is 1. The second kappa shape index (κ2) is 8.71. The smallest absolute Gasteiger partial charge is 0.173 e. The summed E-state index contributed by atoms with van der Waals surface area (Å²) in [5, 5.41) is 4.34. The molecule has 0 amide bonds. The summed E-state index contributed by atoms with van der Waals surface area (Å²) < 4.78 is 0. The van der Waals surface area contributed by atoms with Crippen LogP contribution in [0.5, 0.6) is 0 Å². The number of aryl methyl sites for hydroxylation is 2. The molecule has 4 heteroatoms. The molecule has 2 atom stereocenters. The Morgan fingerprint density at radius 1 is 1.12 bits per heavy atom. The van der Waals surface area contributed by atoms with Crippen molar-refractivity contribution in [3.05, 3.63) is 29.3 Å². The van der Waals surface area contributed by atoms with E-state index in [1.165, 1.54) is 49.7 Å². The summed E-state index contributed by atoms with van der Waals surface area (Å²) in [5.41, 5.74) is 3.68. The van der Waals surface area contributed by atoms with E-state index in [1.54, 1.807) is 0 Å². The monoisotopic (exact) mass is 373 g/mol. The summed E-state index contributed by atoms with van der Waals surface area (Å²) in [6.07, 6.45) is 8.04. The van der Waals surface area contributed by atoms with Crippen LogP contribution in [0.25, 0.3) is 0 Å². The fourth-order valence-corrected chi connectivity index (χ4v) is 5.09. The maximum atomic E-state index is 5.70. The van der Waals surface area contributed by atoms with Crippen molar-refractivity contribution in [2.45, 2.75) is 71.4 Å². The van der Waals surface area contributed by atoms with E-state index in [2.05, 4.69) is 61.1 Å². The van der Waals surface area contributed by atoms with Crippen LogP contribution in [0, 0.1) is 19.8 Å². The molecule has 3 nitrogen and oxygen atoms in total. The zero-order chi connectivity index (χ0) is 18.7. The second-order valence-electron chi connectivity index (χ2n) is 8.46. The van der Waals surface area contributed by atoms with Crippen LogP contribution in [0.2, 0.25) is 0 Å². The molecule has 1 aromatic rings. The third-order valence-electron chi connectivity index (χ3n) is 6.54. The topological polar surface area (TPSA) is 18.5 Å². The minimum Gasteiger partial charge on any atom is -0.349 e. The molecule has 2 aliphatic rings. The van der Waals surface area contributed by atoms with Crippen molar-refractivity contribution in [3.8, 4) is 0 Å². The van der Waals surface area contributed by atoms with E-state index in [0.29, 0.717) is 6.04 Å². The molecule has 1 aliphatic carbocycles. The normalized spacial score (nSPS) is 24.7. The van der Waals surface area contributed by atoms with Gasteiger partial charge in [0.25, 0.3) is 0 Å². The van der Waals surface area contributed by atoms with Gasteiger partial charge in [0, 0.05) is 30.9 Å². The quantitative estimate of drug-likeness (QED) is 0.753. The molecule has 1 saturated heterocycles. The highest BCUT2D eigenvalue weighted by Crippen LogP contribution is 2.30. The number of anilines is 1. The Morgan fingerprint density at radius 3 is 2.46 bits per heavy atom. The standard InChI is InChI=1S/C22H35N3S/c1-16-9-10-20(18(3)15-16)23-22(26)25-13-11-19(12-14-25)24(4)21-8-6-5-7-17(21)2/h9-10,15,17,19,21H,5-8,11-14H2,1-4H3,(H,23,26)/t17-,21-/m1/s1. The molecule has 1 heterocycles. The van der Waals surface area contributed by atoms with E-state index in [0.717, 1.165) is 35.8 Å². The molecule has 1 saturated carbocycles. The van der Waals surface area contributed by atoms with Gasteiger partial charge in [-0.3, -0.25) is 0 Å². The van der Waals surface area contributed by atoms with Gasteiger partial charge in [-0.15, -0.1) is 0 Å². The highest BCUT2D eigenvalue weighted by atomic mass is 32.1. The molecule has 0 bridgehead atoms. The lowest BCUT2D eigenvalue weighted by Crippen LogP contribution is -2.51. The molecule has 1 aromatic carbocycles. The predicted octanol–water partition coefficient (Wildman–Crippen LogP) is 4.98. The van der Waals surface area contributed by atoms with Gasteiger partial charge in [-0.2, -0.15) is 0 Å². The Kier molecular flexibility index (Phi) is 6.57. The van der Waals surface area contributed by atoms with E-state index in [4.69, 9.17) is 12.2 Å². The van der Waals surface area contributed by atoms with Gasteiger partial charge in [0.05, 0.1) is 0 Å². The fourth-order valence-electron chi connectivity index (χ4n) is 4.80. The first-order valence-electron chi connectivity index (χ1n) is 10.3. The van der Waals surface area contributed by atoms with E-state index in [1.807, 2.05) is 0 Å². The average Bonchev–Trinajstić information content (AvgIpc) is 2.64. The van der Waals surface area contributed by atoms with Crippen molar-refractivity contribution in [1.29, 1.82) is 0 Å². The first kappa shape index (κ1) is 19.6. The molecule has 0 radical (unpaired) electrons. The lowest BCUT2D eigenvalue weighted by Gasteiger charge is -2.44. The molecule has 2 fully saturated rings. The third kappa shape index (κ3) is 4.58. The summed E-state index contributed by atoms with van der Waals surface area (Å²) in [6, 6.07) is 7.98. The largest absolute Gasteiger partial charge is 0.349 e. The number of hydrogen-bond acceptors (Lipinski definition) is 2. The molecule has 26 heavy (non-hydrogen) atoms. The molecule has 3 rings (SSSR count). The highest BCUT2D eigenvalue weighted by Gasteiger charge is 2.31. The molecule has 0 aromatic heterocycles. The van der Waals surface area contributed by atoms with Crippen molar-refractivity contribution >= 4 is 23.0 Å². The van der Waals surface area contributed by atoms with E-state index < -0.39 is 0 Å². The van der Waals surface area contributed by atoms with Gasteiger partial charge in [-0.1, -0.05) is 37.5 Å². The average molecular weight is 374 g/mol. The van der Waals surface area contributed by atoms with Gasteiger partial charge in [-0.25, -0.2) is 0 Å².